The van der Waals surface area contributed by atoms with E-state index in [9.17, 15) is 4.79 Å². The standard InChI is InChI=1S/C22H20N4OS/c1-13-9-11-14(12-10-13)20-19-16(6-4-7-17(19)27)23-21(25-20)26-22-24-15-5-2-3-8-18(15)28-22/h2-3,5-6,8-12,19-20H,4,7H2,1H3,(H2,23,24,25,26)/t19-,20-/m1/s1. The van der Waals surface area contributed by atoms with Crippen LogP contribution in [-0.4, -0.2) is 16.7 Å². The van der Waals surface area contributed by atoms with E-state index < -0.39 is 0 Å². The van der Waals surface area contributed by atoms with Crippen LogP contribution in [0.4, 0.5) is 5.13 Å². The molecule has 0 radical (unpaired) electrons. The first-order chi connectivity index (χ1) is 13.7. The molecule has 0 saturated heterocycles. The van der Waals surface area contributed by atoms with Gasteiger partial charge in [-0.05, 0) is 31.0 Å². The fourth-order valence-corrected chi connectivity index (χ4v) is 4.67. The normalized spacial score (nSPS) is 21.5. The zero-order chi connectivity index (χ0) is 19.1. The van der Waals surface area contributed by atoms with E-state index >= 15 is 0 Å². The maximum atomic E-state index is 12.7. The van der Waals surface area contributed by atoms with Gasteiger partial charge in [-0.25, -0.2) is 9.98 Å². The minimum atomic E-state index is -0.239. The van der Waals surface area contributed by atoms with E-state index in [0.717, 1.165) is 33.0 Å². The molecule has 2 heterocycles. The quantitative estimate of drug-likeness (QED) is 0.674. The molecule has 3 aromatic rings. The summed E-state index contributed by atoms with van der Waals surface area (Å²) in [5, 5.41) is 7.45. The summed E-state index contributed by atoms with van der Waals surface area (Å²) in [6.07, 6.45) is 3.48. The number of para-hydroxylation sites is 1. The Morgan fingerprint density at radius 2 is 1.96 bits per heavy atom. The Kier molecular flexibility index (Phi) is 4.20. The van der Waals surface area contributed by atoms with Gasteiger partial charge in [0, 0.05) is 12.1 Å². The number of nitrogens with one attached hydrogen (secondary N) is 2. The van der Waals surface area contributed by atoms with Crippen molar-refractivity contribution in [1.29, 1.82) is 0 Å². The van der Waals surface area contributed by atoms with E-state index in [2.05, 4.69) is 58.9 Å². The first kappa shape index (κ1) is 17.1. The van der Waals surface area contributed by atoms with Crippen molar-refractivity contribution in [3.8, 4) is 0 Å². The van der Waals surface area contributed by atoms with Gasteiger partial charge >= 0.3 is 0 Å². The molecule has 28 heavy (non-hydrogen) atoms. The number of hydrogen-bond acceptors (Lipinski definition) is 6. The summed E-state index contributed by atoms with van der Waals surface area (Å²) in [6, 6.07) is 16.1. The number of aromatic nitrogens is 1. The third-order valence-corrected chi connectivity index (χ3v) is 6.17. The minimum absolute atomic E-state index is 0.224. The molecule has 2 aliphatic rings. The number of carbonyl (C=O) groups excluding carboxylic acids is 1. The fourth-order valence-electron chi connectivity index (χ4n) is 3.80. The highest BCUT2D eigenvalue weighted by Gasteiger charge is 2.38. The van der Waals surface area contributed by atoms with E-state index in [4.69, 9.17) is 4.99 Å². The van der Waals surface area contributed by atoms with E-state index in [1.807, 2.05) is 18.2 Å². The molecule has 5 nitrogen and oxygen atoms in total. The molecule has 2 aromatic carbocycles. The van der Waals surface area contributed by atoms with Gasteiger partial charge < -0.3 is 10.6 Å². The number of guanidine groups is 1. The smallest absolute Gasteiger partial charge is 0.202 e. The van der Waals surface area contributed by atoms with Gasteiger partial charge in [-0.15, -0.1) is 0 Å². The Bertz CT molecular complexity index is 1080. The predicted molar refractivity (Wildman–Crippen MR) is 114 cm³/mol. The number of fused-ring (bicyclic) bond motifs is 2. The summed E-state index contributed by atoms with van der Waals surface area (Å²) in [4.78, 5) is 22.2. The van der Waals surface area contributed by atoms with Gasteiger partial charge in [0.05, 0.1) is 22.2 Å². The molecule has 140 valence electrons. The average Bonchev–Trinajstić information content (AvgIpc) is 3.10. The molecule has 0 unspecified atom stereocenters. The van der Waals surface area contributed by atoms with Crippen LogP contribution in [0.25, 0.3) is 10.2 Å². The predicted octanol–water partition coefficient (Wildman–Crippen LogP) is 4.58. The van der Waals surface area contributed by atoms with Crippen LogP contribution in [0.2, 0.25) is 0 Å². The molecular formula is C22H20N4OS. The topological polar surface area (TPSA) is 66.4 Å². The molecule has 2 N–H and O–H groups in total. The summed E-state index contributed by atoms with van der Waals surface area (Å²) >= 11 is 1.59. The van der Waals surface area contributed by atoms with Crippen LogP contribution in [0.5, 0.6) is 0 Å². The fraction of sp³-hybridized carbons (Fsp3) is 0.227. The number of allylic oxidation sites excluding steroid dienone is 1. The second-order valence-electron chi connectivity index (χ2n) is 7.21. The Labute approximate surface area is 167 Å². The highest BCUT2D eigenvalue weighted by atomic mass is 32.1. The summed E-state index contributed by atoms with van der Waals surface area (Å²) in [7, 11) is 0. The highest BCUT2D eigenvalue weighted by molar-refractivity contribution is 7.22. The van der Waals surface area contributed by atoms with Crippen LogP contribution in [0.15, 0.2) is 65.3 Å². The van der Waals surface area contributed by atoms with E-state index in [1.165, 1.54) is 5.56 Å². The number of carbonyl (C=O) groups is 1. The molecule has 0 saturated carbocycles. The van der Waals surface area contributed by atoms with Crippen molar-refractivity contribution in [2.24, 2.45) is 10.9 Å². The number of aryl methyl sites for hydroxylation is 1. The molecule has 0 bridgehead atoms. The number of thiazole rings is 1. The van der Waals surface area contributed by atoms with Crippen molar-refractivity contribution >= 4 is 38.4 Å². The number of nitrogens with zero attached hydrogens (tertiary/aromatic N) is 2. The monoisotopic (exact) mass is 388 g/mol. The van der Waals surface area contributed by atoms with Gasteiger partial charge in [-0.2, -0.15) is 0 Å². The van der Waals surface area contributed by atoms with Crippen molar-refractivity contribution in [3.63, 3.8) is 0 Å². The maximum Gasteiger partial charge on any atom is 0.202 e. The first-order valence-electron chi connectivity index (χ1n) is 9.44. The Morgan fingerprint density at radius 3 is 2.79 bits per heavy atom. The third-order valence-electron chi connectivity index (χ3n) is 5.22. The van der Waals surface area contributed by atoms with Gasteiger partial charge in [-0.3, -0.25) is 4.79 Å². The lowest BCUT2D eigenvalue weighted by Crippen LogP contribution is -2.43. The molecule has 0 spiro atoms. The number of benzene rings is 2. The van der Waals surface area contributed by atoms with Crippen molar-refractivity contribution in [2.75, 3.05) is 5.32 Å². The van der Waals surface area contributed by atoms with Gasteiger partial charge in [-0.1, -0.05) is 59.4 Å². The lowest BCUT2D eigenvalue weighted by molar-refractivity contribution is -0.122. The molecule has 1 aliphatic carbocycles. The highest BCUT2D eigenvalue weighted by Crippen LogP contribution is 2.38. The Morgan fingerprint density at radius 1 is 1.14 bits per heavy atom. The molecule has 5 rings (SSSR count). The van der Waals surface area contributed by atoms with Crippen LogP contribution in [0, 0.1) is 12.8 Å². The summed E-state index contributed by atoms with van der Waals surface area (Å²) in [5.74, 6) is 0.651. The number of Topliss-reactive ketones (excluding diaryl/α,β-unsaturated/α-hetero) is 1. The molecule has 0 fully saturated rings. The van der Waals surface area contributed by atoms with Crippen LogP contribution >= 0.6 is 11.3 Å². The summed E-state index contributed by atoms with van der Waals surface area (Å²) in [5.41, 5.74) is 4.16. The zero-order valence-corrected chi connectivity index (χ0v) is 16.3. The molecule has 1 aromatic heterocycles. The van der Waals surface area contributed by atoms with Crippen molar-refractivity contribution in [2.45, 2.75) is 25.8 Å². The number of rotatable bonds is 2. The van der Waals surface area contributed by atoms with Crippen LogP contribution in [0.3, 0.4) is 0 Å². The number of hydrogen-bond donors (Lipinski definition) is 2. The van der Waals surface area contributed by atoms with Gasteiger partial charge in [0.1, 0.15) is 5.78 Å². The van der Waals surface area contributed by atoms with Gasteiger partial charge in [0.2, 0.25) is 5.96 Å². The largest absolute Gasteiger partial charge is 0.329 e. The van der Waals surface area contributed by atoms with Crippen molar-refractivity contribution in [1.82, 2.24) is 10.3 Å². The molecule has 1 aliphatic heterocycles. The lowest BCUT2D eigenvalue weighted by Gasteiger charge is -2.34. The third kappa shape index (κ3) is 3.10. The van der Waals surface area contributed by atoms with Crippen LogP contribution < -0.4 is 10.6 Å². The molecular weight excluding hydrogens is 368 g/mol. The van der Waals surface area contributed by atoms with E-state index in [-0.39, 0.29) is 17.7 Å². The Hall–Kier alpha value is -2.99. The molecule has 0 amide bonds. The Balaban J connectivity index is 1.52. The second-order valence-corrected chi connectivity index (χ2v) is 8.24. The number of anilines is 1. The van der Waals surface area contributed by atoms with Gasteiger partial charge in [0.25, 0.3) is 0 Å². The second kappa shape index (κ2) is 6.87. The van der Waals surface area contributed by atoms with E-state index in [1.54, 1.807) is 11.3 Å². The van der Waals surface area contributed by atoms with Crippen LogP contribution in [-0.2, 0) is 4.79 Å². The summed E-state index contributed by atoms with van der Waals surface area (Å²) in [6.45, 7) is 2.06. The zero-order valence-electron chi connectivity index (χ0n) is 15.5. The summed E-state index contributed by atoms with van der Waals surface area (Å²) < 4.78 is 1.13. The molecule has 6 heteroatoms. The van der Waals surface area contributed by atoms with Crippen molar-refractivity contribution < 1.29 is 4.79 Å². The lowest BCUT2D eigenvalue weighted by atomic mass is 9.81. The van der Waals surface area contributed by atoms with Crippen molar-refractivity contribution in [3.05, 3.63) is 71.4 Å². The van der Waals surface area contributed by atoms with Crippen LogP contribution in [0.1, 0.15) is 30.0 Å². The SMILES string of the molecule is Cc1ccc([C@H]2N=C(Nc3nc4ccccc4s3)NC3=CCCC(=O)[C@@H]32)cc1. The maximum absolute atomic E-state index is 12.7. The van der Waals surface area contributed by atoms with E-state index in [0.29, 0.717) is 12.4 Å². The number of ketones is 1. The molecule has 2 atom stereocenters. The number of aliphatic imine (C=N–C) groups is 1. The van der Waals surface area contributed by atoms with Gasteiger partial charge in [0.15, 0.2) is 5.13 Å². The average molecular weight is 388 g/mol. The first-order valence-corrected chi connectivity index (χ1v) is 10.3. The minimum Gasteiger partial charge on any atom is -0.329 e.